The molecule has 2 heterocycles. The molecule has 0 saturated carbocycles. The van der Waals surface area contributed by atoms with Crippen LogP contribution in [-0.4, -0.2) is 32.7 Å². The molecule has 2 aromatic carbocycles. The van der Waals surface area contributed by atoms with E-state index in [9.17, 15) is 14.0 Å². The number of hydrogen-bond donors (Lipinski definition) is 1. The molecule has 29 heavy (non-hydrogen) atoms. The van der Waals surface area contributed by atoms with Crippen molar-refractivity contribution in [1.82, 2.24) is 19.7 Å². The van der Waals surface area contributed by atoms with Gasteiger partial charge in [0, 0.05) is 17.7 Å². The van der Waals surface area contributed by atoms with E-state index >= 15 is 0 Å². The van der Waals surface area contributed by atoms with E-state index in [2.05, 4.69) is 20.5 Å². The number of hydrogen-bond acceptors (Lipinski definition) is 6. The molecule has 7 nitrogen and oxygen atoms in total. The molecule has 4 aromatic rings. The van der Waals surface area contributed by atoms with Gasteiger partial charge in [0.1, 0.15) is 6.07 Å². The van der Waals surface area contributed by atoms with Crippen molar-refractivity contribution >= 4 is 16.7 Å². The first-order valence-corrected chi connectivity index (χ1v) is 8.94. The third kappa shape index (κ3) is 3.65. The molecule has 0 aliphatic rings. The number of aryl methyl sites for hydroxylation is 1. The van der Waals surface area contributed by atoms with Gasteiger partial charge < -0.3 is 14.3 Å². The molecule has 0 radical (unpaired) electrons. The van der Waals surface area contributed by atoms with Crippen molar-refractivity contribution in [2.24, 2.45) is 0 Å². The fraction of sp³-hybridized carbons (Fsp3) is 0.200. The van der Waals surface area contributed by atoms with Crippen molar-refractivity contribution in [1.29, 1.82) is 5.26 Å². The van der Waals surface area contributed by atoms with Crippen molar-refractivity contribution in [3.05, 3.63) is 48.3 Å². The lowest BCUT2D eigenvalue weighted by Gasteiger charge is -2.08. The lowest BCUT2D eigenvalue weighted by molar-refractivity contribution is 0.163. The molecule has 0 saturated heterocycles. The zero-order valence-electron chi connectivity index (χ0n) is 15.4. The van der Waals surface area contributed by atoms with Gasteiger partial charge in [-0.05, 0) is 43.3 Å². The number of rotatable bonds is 6. The molecular formula is C20H16F2N6O. The Morgan fingerprint density at radius 2 is 1.86 bits per heavy atom. The number of nitriles is 1. The van der Waals surface area contributed by atoms with E-state index in [4.69, 9.17) is 4.42 Å². The molecule has 146 valence electrons. The SMILES string of the molecule is CCn1cnc2ccc(-c3nnc(-c4ccc(NCC(F)F)c(C#N)c4)o3)cc21. The summed E-state index contributed by atoms with van der Waals surface area (Å²) < 4.78 is 32.6. The monoisotopic (exact) mass is 394 g/mol. The van der Waals surface area contributed by atoms with Crippen LogP contribution in [0.25, 0.3) is 33.9 Å². The Labute approximate surface area is 164 Å². The smallest absolute Gasteiger partial charge is 0.255 e. The van der Waals surface area contributed by atoms with Crippen LogP contribution in [0.4, 0.5) is 14.5 Å². The average Bonchev–Trinajstić information content (AvgIpc) is 3.38. The molecular weight excluding hydrogens is 378 g/mol. The summed E-state index contributed by atoms with van der Waals surface area (Å²) in [6.07, 6.45) is -0.734. The van der Waals surface area contributed by atoms with E-state index in [0.717, 1.165) is 23.1 Å². The van der Waals surface area contributed by atoms with Crippen LogP contribution in [0.3, 0.4) is 0 Å². The number of halogens is 2. The van der Waals surface area contributed by atoms with Crippen LogP contribution in [-0.2, 0) is 6.54 Å². The van der Waals surface area contributed by atoms with Gasteiger partial charge in [-0.15, -0.1) is 10.2 Å². The average molecular weight is 394 g/mol. The summed E-state index contributed by atoms with van der Waals surface area (Å²) in [5.74, 6) is 0.574. The van der Waals surface area contributed by atoms with E-state index in [1.807, 2.05) is 35.8 Å². The van der Waals surface area contributed by atoms with Crippen LogP contribution >= 0.6 is 0 Å². The minimum atomic E-state index is -2.51. The Balaban J connectivity index is 1.64. The molecule has 1 N–H and O–H groups in total. The predicted molar refractivity (Wildman–Crippen MR) is 103 cm³/mol. The Bertz CT molecular complexity index is 1210. The Kier molecular flexibility index (Phi) is 4.91. The first-order valence-electron chi connectivity index (χ1n) is 8.94. The molecule has 9 heteroatoms. The van der Waals surface area contributed by atoms with Crippen LogP contribution in [0.1, 0.15) is 12.5 Å². The van der Waals surface area contributed by atoms with Crippen molar-refractivity contribution in [3.8, 4) is 29.0 Å². The molecule has 4 rings (SSSR count). The van der Waals surface area contributed by atoms with Gasteiger partial charge in [-0.1, -0.05) is 0 Å². The number of benzene rings is 2. The van der Waals surface area contributed by atoms with Crippen LogP contribution in [0.15, 0.2) is 47.1 Å². The summed E-state index contributed by atoms with van der Waals surface area (Å²) in [4.78, 5) is 4.34. The standard InChI is InChI=1S/C20H16F2N6O/c1-2-28-11-25-16-6-4-13(8-17(16)28)20-27-26-19(29-20)12-3-5-15(14(7-12)9-23)24-10-18(21)22/h3-8,11,18,24H,2,10H2,1H3. The zero-order chi connectivity index (χ0) is 20.4. The number of nitrogens with one attached hydrogen (secondary N) is 1. The second kappa shape index (κ2) is 7.67. The lowest BCUT2D eigenvalue weighted by Crippen LogP contribution is -2.11. The maximum atomic E-state index is 12.4. The summed E-state index contributed by atoms with van der Waals surface area (Å²) >= 11 is 0. The lowest BCUT2D eigenvalue weighted by atomic mass is 10.1. The van der Waals surface area contributed by atoms with Gasteiger partial charge in [0.25, 0.3) is 6.43 Å². The van der Waals surface area contributed by atoms with Crippen molar-refractivity contribution in [2.75, 3.05) is 11.9 Å². The Hall–Kier alpha value is -3.80. The molecule has 0 aliphatic carbocycles. The van der Waals surface area contributed by atoms with Gasteiger partial charge in [0.2, 0.25) is 11.8 Å². The topological polar surface area (TPSA) is 92.6 Å². The summed E-state index contributed by atoms with van der Waals surface area (Å²) in [6, 6.07) is 12.4. The fourth-order valence-corrected chi connectivity index (χ4v) is 3.01. The number of aromatic nitrogens is 4. The molecule has 0 amide bonds. The maximum absolute atomic E-state index is 12.4. The zero-order valence-corrected chi connectivity index (χ0v) is 15.4. The number of anilines is 1. The van der Waals surface area contributed by atoms with Gasteiger partial charge in [-0.3, -0.25) is 0 Å². The molecule has 0 spiro atoms. The molecule has 0 bridgehead atoms. The van der Waals surface area contributed by atoms with E-state index < -0.39 is 13.0 Å². The number of alkyl halides is 2. The van der Waals surface area contributed by atoms with E-state index in [1.165, 1.54) is 6.07 Å². The second-order valence-corrected chi connectivity index (χ2v) is 6.29. The second-order valence-electron chi connectivity index (χ2n) is 6.29. The molecule has 0 aliphatic heterocycles. The van der Waals surface area contributed by atoms with Gasteiger partial charge in [0.15, 0.2) is 0 Å². The number of nitrogens with zero attached hydrogens (tertiary/aromatic N) is 5. The fourth-order valence-electron chi connectivity index (χ4n) is 3.01. The highest BCUT2D eigenvalue weighted by molar-refractivity contribution is 5.80. The first kappa shape index (κ1) is 18.6. The van der Waals surface area contributed by atoms with Gasteiger partial charge in [0.05, 0.1) is 35.2 Å². The van der Waals surface area contributed by atoms with Crippen molar-refractivity contribution in [2.45, 2.75) is 19.9 Å². The van der Waals surface area contributed by atoms with Crippen molar-refractivity contribution < 1.29 is 13.2 Å². The molecule has 0 unspecified atom stereocenters. The first-order chi connectivity index (χ1) is 14.1. The van der Waals surface area contributed by atoms with Crippen LogP contribution in [0, 0.1) is 11.3 Å². The minimum Gasteiger partial charge on any atom is -0.416 e. The van der Waals surface area contributed by atoms with E-state index in [-0.39, 0.29) is 11.5 Å². The van der Waals surface area contributed by atoms with Crippen LogP contribution in [0.2, 0.25) is 0 Å². The Morgan fingerprint density at radius 3 is 2.55 bits per heavy atom. The van der Waals surface area contributed by atoms with Crippen LogP contribution in [0.5, 0.6) is 0 Å². The number of fused-ring (bicyclic) bond motifs is 1. The minimum absolute atomic E-state index is 0.219. The highest BCUT2D eigenvalue weighted by Crippen LogP contribution is 2.28. The molecule has 0 fully saturated rings. The number of imidazole rings is 1. The van der Waals surface area contributed by atoms with Gasteiger partial charge >= 0.3 is 0 Å². The largest absolute Gasteiger partial charge is 0.416 e. The summed E-state index contributed by atoms with van der Waals surface area (Å²) in [5, 5.41) is 20.0. The predicted octanol–water partition coefficient (Wildman–Crippen LogP) is 4.32. The molecule has 2 aromatic heterocycles. The van der Waals surface area contributed by atoms with E-state index in [1.54, 1.807) is 18.5 Å². The summed E-state index contributed by atoms with van der Waals surface area (Å²) in [7, 11) is 0. The van der Waals surface area contributed by atoms with Crippen LogP contribution < -0.4 is 5.32 Å². The van der Waals surface area contributed by atoms with Gasteiger partial charge in [-0.25, -0.2) is 13.8 Å². The quantitative estimate of drug-likeness (QED) is 0.523. The third-order valence-electron chi connectivity index (χ3n) is 4.47. The maximum Gasteiger partial charge on any atom is 0.255 e. The summed E-state index contributed by atoms with van der Waals surface area (Å²) in [5.41, 5.74) is 3.67. The van der Waals surface area contributed by atoms with Gasteiger partial charge in [-0.2, -0.15) is 5.26 Å². The Morgan fingerprint density at radius 1 is 1.14 bits per heavy atom. The van der Waals surface area contributed by atoms with Crippen molar-refractivity contribution in [3.63, 3.8) is 0 Å². The van der Waals surface area contributed by atoms with E-state index in [0.29, 0.717) is 17.1 Å². The highest BCUT2D eigenvalue weighted by Gasteiger charge is 2.14. The normalized spacial score (nSPS) is 11.1. The summed E-state index contributed by atoms with van der Waals surface area (Å²) in [6.45, 7) is 2.29. The highest BCUT2D eigenvalue weighted by atomic mass is 19.3. The third-order valence-corrected chi connectivity index (χ3v) is 4.47. The molecule has 0 atom stereocenters.